The summed E-state index contributed by atoms with van der Waals surface area (Å²) in [6, 6.07) is 0. The molecule has 0 saturated heterocycles. The van der Waals surface area contributed by atoms with Gasteiger partial charge in [0.1, 0.15) is 22.9 Å². The van der Waals surface area contributed by atoms with Gasteiger partial charge in [0.2, 0.25) is 5.16 Å². The van der Waals surface area contributed by atoms with Crippen LogP contribution in [-0.4, -0.2) is 25.1 Å². The van der Waals surface area contributed by atoms with Crippen molar-refractivity contribution in [3.05, 3.63) is 17.3 Å². The highest BCUT2D eigenvalue weighted by Gasteiger charge is 2.10. The van der Waals surface area contributed by atoms with Crippen LogP contribution in [0.2, 0.25) is 5.15 Å². The zero-order valence-corrected chi connectivity index (χ0v) is 9.30. The van der Waals surface area contributed by atoms with Gasteiger partial charge >= 0.3 is 0 Å². The number of H-pyrrole nitrogens is 1. The van der Waals surface area contributed by atoms with Crippen LogP contribution in [0.15, 0.2) is 16.5 Å². The number of aryl methyl sites for hydroxylation is 1. The molecule has 2 aromatic rings. The predicted molar refractivity (Wildman–Crippen MR) is 56.7 cm³/mol. The number of aromatic amines is 1. The monoisotopic (exact) mass is 242 g/mol. The fourth-order valence-corrected chi connectivity index (χ4v) is 1.84. The van der Waals surface area contributed by atoms with E-state index in [1.54, 1.807) is 0 Å². The zero-order chi connectivity index (χ0) is 10.8. The summed E-state index contributed by atoms with van der Waals surface area (Å²) in [5, 5.41) is 8.01. The Morgan fingerprint density at radius 3 is 2.93 bits per heavy atom. The van der Waals surface area contributed by atoms with E-state index in [4.69, 9.17) is 17.3 Å². The maximum atomic E-state index is 5.75. The summed E-state index contributed by atoms with van der Waals surface area (Å²) in [5.74, 6) is 0.733. The van der Waals surface area contributed by atoms with Crippen LogP contribution in [0.5, 0.6) is 0 Å². The number of halogens is 1. The van der Waals surface area contributed by atoms with E-state index in [1.165, 1.54) is 18.1 Å². The molecule has 0 aliphatic heterocycles. The highest BCUT2D eigenvalue weighted by molar-refractivity contribution is 7.99. The first-order chi connectivity index (χ1) is 7.16. The lowest BCUT2D eigenvalue weighted by atomic mass is 10.6. The maximum absolute atomic E-state index is 5.75. The molecule has 0 atom stereocenters. The van der Waals surface area contributed by atoms with Gasteiger partial charge in [-0.05, 0) is 18.7 Å². The van der Waals surface area contributed by atoms with E-state index in [9.17, 15) is 0 Å². The maximum Gasteiger partial charge on any atom is 0.214 e. The Labute approximate surface area is 94.7 Å². The van der Waals surface area contributed by atoms with E-state index in [0.717, 1.165) is 5.82 Å². The average molecular weight is 243 g/mol. The van der Waals surface area contributed by atoms with E-state index >= 15 is 0 Å². The van der Waals surface area contributed by atoms with Crippen molar-refractivity contribution in [3.63, 3.8) is 0 Å². The number of nitrogens with zero attached hydrogens (tertiary/aromatic N) is 4. The second-order valence-corrected chi connectivity index (χ2v) is 4.00. The number of nitrogen functional groups attached to an aromatic ring is 1. The first-order valence-electron chi connectivity index (χ1n) is 3.99. The molecular weight excluding hydrogens is 236 g/mol. The summed E-state index contributed by atoms with van der Waals surface area (Å²) < 4.78 is 0. The number of nitrogens with one attached hydrogen (secondary N) is 1. The summed E-state index contributed by atoms with van der Waals surface area (Å²) in [5.41, 5.74) is 6.03. The molecule has 0 unspecified atom stereocenters. The first kappa shape index (κ1) is 10.2. The second kappa shape index (κ2) is 4.03. The predicted octanol–water partition coefficient (Wildman–Crippen LogP) is 1.29. The third-order valence-corrected chi connectivity index (χ3v) is 2.75. The Kier molecular flexibility index (Phi) is 2.74. The topological polar surface area (TPSA) is 93.4 Å². The Morgan fingerprint density at radius 2 is 2.27 bits per heavy atom. The van der Waals surface area contributed by atoms with Gasteiger partial charge in [0.15, 0.2) is 5.15 Å². The van der Waals surface area contributed by atoms with Crippen LogP contribution in [0.25, 0.3) is 0 Å². The van der Waals surface area contributed by atoms with Crippen molar-refractivity contribution in [1.82, 2.24) is 25.1 Å². The molecule has 3 N–H and O–H groups in total. The molecule has 78 valence electrons. The molecule has 2 heterocycles. The van der Waals surface area contributed by atoms with E-state index in [-0.39, 0.29) is 5.15 Å². The van der Waals surface area contributed by atoms with E-state index in [1.807, 2.05) is 6.92 Å². The lowest BCUT2D eigenvalue weighted by Crippen LogP contribution is -1.95. The highest BCUT2D eigenvalue weighted by atomic mass is 35.5. The Bertz CT molecular complexity index is 484. The van der Waals surface area contributed by atoms with Gasteiger partial charge < -0.3 is 5.73 Å². The Hall–Kier alpha value is -1.34. The van der Waals surface area contributed by atoms with Gasteiger partial charge in [-0.2, -0.15) is 0 Å². The van der Waals surface area contributed by atoms with Crippen molar-refractivity contribution in [2.45, 2.75) is 17.1 Å². The SMILES string of the molecule is Cc1nc(Sc2ncnc(Cl)c2N)n[nH]1. The molecule has 8 heteroatoms. The fourth-order valence-electron chi connectivity index (χ4n) is 0.895. The van der Waals surface area contributed by atoms with Crippen LogP contribution in [0.1, 0.15) is 5.82 Å². The van der Waals surface area contributed by atoms with Crippen molar-refractivity contribution >= 4 is 29.1 Å². The van der Waals surface area contributed by atoms with E-state index in [0.29, 0.717) is 15.9 Å². The van der Waals surface area contributed by atoms with Gasteiger partial charge in [-0.15, -0.1) is 5.10 Å². The molecule has 0 radical (unpaired) electrons. The van der Waals surface area contributed by atoms with Gasteiger partial charge in [-0.3, -0.25) is 5.10 Å². The molecule has 6 nitrogen and oxygen atoms in total. The van der Waals surface area contributed by atoms with Crippen LogP contribution in [0, 0.1) is 6.92 Å². The molecule has 2 aromatic heterocycles. The summed E-state index contributed by atoms with van der Waals surface area (Å²) in [6.07, 6.45) is 1.35. The fraction of sp³-hybridized carbons (Fsp3) is 0.143. The summed E-state index contributed by atoms with van der Waals surface area (Å²) in [6.45, 7) is 1.81. The van der Waals surface area contributed by atoms with Crippen LogP contribution >= 0.6 is 23.4 Å². The largest absolute Gasteiger partial charge is 0.394 e. The zero-order valence-electron chi connectivity index (χ0n) is 7.73. The quantitative estimate of drug-likeness (QED) is 0.771. The van der Waals surface area contributed by atoms with Gasteiger partial charge in [-0.1, -0.05) is 11.6 Å². The van der Waals surface area contributed by atoms with Crippen molar-refractivity contribution in [2.24, 2.45) is 0 Å². The summed E-state index contributed by atoms with van der Waals surface area (Å²) in [4.78, 5) is 11.9. The molecule has 0 amide bonds. The molecule has 0 aromatic carbocycles. The minimum atomic E-state index is 0.236. The van der Waals surface area contributed by atoms with Crippen LogP contribution in [-0.2, 0) is 0 Å². The van der Waals surface area contributed by atoms with Crippen LogP contribution < -0.4 is 5.73 Å². The minimum absolute atomic E-state index is 0.236. The summed E-state index contributed by atoms with van der Waals surface area (Å²) in [7, 11) is 0. The van der Waals surface area contributed by atoms with Gasteiger partial charge in [0.25, 0.3) is 0 Å². The first-order valence-corrected chi connectivity index (χ1v) is 5.19. The normalized spacial score (nSPS) is 10.5. The Balaban J connectivity index is 2.28. The molecule has 2 rings (SSSR count). The number of nitrogens with two attached hydrogens (primary N) is 1. The van der Waals surface area contributed by atoms with Gasteiger partial charge in [-0.25, -0.2) is 15.0 Å². The standard InChI is InChI=1S/C7H7ClN6S/c1-3-12-7(14-13-3)15-6-4(9)5(8)10-2-11-6/h2H,9H2,1H3,(H,12,13,14). The van der Waals surface area contributed by atoms with Gasteiger partial charge in [0.05, 0.1) is 0 Å². The second-order valence-electron chi connectivity index (χ2n) is 2.69. The lowest BCUT2D eigenvalue weighted by molar-refractivity contribution is 0.961. The number of aromatic nitrogens is 5. The number of hydrogen-bond donors (Lipinski definition) is 2. The third-order valence-electron chi connectivity index (χ3n) is 1.56. The molecule has 0 spiro atoms. The number of hydrogen-bond acceptors (Lipinski definition) is 6. The molecule has 0 bridgehead atoms. The van der Waals surface area contributed by atoms with Crippen LogP contribution in [0.4, 0.5) is 5.69 Å². The highest BCUT2D eigenvalue weighted by Crippen LogP contribution is 2.30. The third kappa shape index (κ3) is 2.18. The molecule has 0 aliphatic rings. The van der Waals surface area contributed by atoms with E-state index in [2.05, 4.69) is 25.1 Å². The van der Waals surface area contributed by atoms with Crippen molar-refractivity contribution in [1.29, 1.82) is 0 Å². The van der Waals surface area contributed by atoms with Crippen LogP contribution in [0.3, 0.4) is 0 Å². The molecule has 15 heavy (non-hydrogen) atoms. The minimum Gasteiger partial charge on any atom is -0.394 e. The number of rotatable bonds is 2. The molecule has 0 saturated carbocycles. The van der Waals surface area contributed by atoms with Crippen molar-refractivity contribution < 1.29 is 0 Å². The summed E-state index contributed by atoms with van der Waals surface area (Å²) >= 11 is 6.98. The number of anilines is 1. The molecular formula is C7H7ClN6S. The lowest BCUT2D eigenvalue weighted by Gasteiger charge is -2.01. The van der Waals surface area contributed by atoms with Gasteiger partial charge in [0, 0.05) is 0 Å². The smallest absolute Gasteiger partial charge is 0.214 e. The van der Waals surface area contributed by atoms with E-state index < -0.39 is 0 Å². The Morgan fingerprint density at radius 1 is 1.47 bits per heavy atom. The van der Waals surface area contributed by atoms with Crippen molar-refractivity contribution in [3.8, 4) is 0 Å². The van der Waals surface area contributed by atoms with Crippen molar-refractivity contribution in [2.75, 3.05) is 5.73 Å². The molecule has 0 fully saturated rings. The average Bonchev–Trinajstić information content (AvgIpc) is 2.59. The molecule has 0 aliphatic carbocycles.